The van der Waals surface area contributed by atoms with Gasteiger partial charge >= 0.3 is 5.97 Å². The van der Waals surface area contributed by atoms with E-state index in [4.69, 9.17) is 4.74 Å². The van der Waals surface area contributed by atoms with Crippen molar-refractivity contribution in [2.24, 2.45) is 0 Å². The van der Waals surface area contributed by atoms with Gasteiger partial charge in [0.25, 0.3) is 0 Å². The molecule has 0 fully saturated rings. The molecule has 2 unspecified atom stereocenters. The predicted molar refractivity (Wildman–Crippen MR) is 246 cm³/mol. The van der Waals surface area contributed by atoms with Gasteiger partial charge in [-0.1, -0.05) is 212 Å². The van der Waals surface area contributed by atoms with Gasteiger partial charge in [-0.3, -0.25) is 9.59 Å². The van der Waals surface area contributed by atoms with Crippen LogP contribution >= 0.6 is 0 Å². The lowest BCUT2D eigenvalue weighted by atomic mass is 10.0. The molecule has 0 aliphatic rings. The van der Waals surface area contributed by atoms with Crippen LogP contribution in [0.1, 0.15) is 264 Å². The normalized spacial score (nSPS) is 12.8. The molecule has 336 valence electrons. The Morgan fingerprint density at radius 3 is 1.25 bits per heavy atom. The van der Waals surface area contributed by atoms with Crippen molar-refractivity contribution < 1.29 is 24.5 Å². The highest BCUT2D eigenvalue weighted by Crippen LogP contribution is 2.15. The van der Waals surface area contributed by atoms with Crippen LogP contribution < -0.4 is 5.32 Å². The first kappa shape index (κ1) is 55.3. The van der Waals surface area contributed by atoms with Crippen molar-refractivity contribution in [3.63, 3.8) is 0 Å². The zero-order chi connectivity index (χ0) is 41.5. The third kappa shape index (κ3) is 43.7. The molecular formula is C51H97NO5. The molecule has 2 atom stereocenters. The van der Waals surface area contributed by atoms with Crippen molar-refractivity contribution in [2.75, 3.05) is 13.2 Å². The third-order valence-corrected chi connectivity index (χ3v) is 11.5. The first-order valence-electron chi connectivity index (χ1n) is 25.1. The fraction of sp³-hybridized carbons (Fsp3) is 0.882. The van der Waals surface area contributed by atoms with Crippen molar-refractivity contribution in [1.82, 2.24) is 5.32 Å². The summed E-state index contributed by atoms with van der Waals surface area (Å²) in [6.07, 6.45) is 54.6. The number of aliphatic hydroxyl groups is 2. The number of nitrogens with one attached hydrogen (secondary N) is 1. The van der Waals surface area contributed by atoms with E-state index < -0.39 is 12.1 Å². The SMILES string of the molecule is CCCCCCCCCCCCCCC/C=C/C(O)C(CO)NC(=O)CCCCCCC/C=C\CCCCCOC(=O)CCCCCCCCCCCCCCC. The number of carbonyl (C=O) groups is 2. The van der Waals surface area contributed by atoms with Crippen LogP contribution in [0.4, 0.5) is 0 Å². The summed E-state index contributed by atoms with van der Waals surface area (Å²) in [5.41, 5.74) is 0. The lowest BCUT2D eigenvalue weighted by Gasteiger charge is -2.20. The Hall–Kier alpha value is -1.66. The quantitative estimate of drug-likeness (QED) is 0.0324. The van der Waals surface area contributed by atoms with Crippen LogP contribution in [-0.2, 0) is 14.3 Å². The zero-order valence-electron chi connectivity index (χ0n) is 38.1. The molecule has 57 heavy (non-hydrogen) atoms. The molecule has 0 rings (SSSR count). The van der Waals surface area contributed by atoms with E-state index in [0.29, 0.717) is 19.4 Å². The standard InChI is InChI=1S/C51H97NO5/c1-3-5-7-9-11-13-15-17-18-20-23-27-31-35-39-43-49(54)48(47-53)52-50(55)44-40-36-32-28-24-21-22-26-30-34-38-42-46-57-51(56)45-41-37-33-29-25-19-16-14-12-10-8-6-4-2/h22,26,39,43,48-49,53-54H,3-21,23-25,27-38,40-42,44-47H2,1-2H3,(H,52,55)/b26-22-,43-39+. The fourth-order valence-corrected chi connectivity index (χ4v) is 7.57. The number of aliphatic hydroxyl groups excluding tert-OH is 2. The van der Waals surface area contributed by atoms with Gasteiger partial charge in [0.2, 0.25) is 5.91 Å². The number of amides is 1. The summed E-state index contributed by atoms with van der Waals surface area (Å²) in [6, 6.07) is -0.645. The Bertz CT molecular complexity index is 889. The molecule has 0 aromatic carbocycles. The zero-order valence-corrected chi connectivity index (χ0v) is 38.1. The number of allylic oxidation sites excluding steroid dienone is 3. The number of esters is 1. The number of carbonyl (C=O) groups excluding carboxylic acids is 2. The highest BCUT2D eigenvalue weighted by molar-refractivity contribution is 5.76. The molecule has 0 aromatic rings. The number of rotatable bonds is 46. The Morgan fingerprint density at radius 2 is 0.825 bits per heavy atom. The molecule has 6 nitrogen and oxygen atoms in total. The van der Waals surface area contributed by atoms with E-state index in [0.717, 1.165) is 77.0 Å². The summed E-state index contributed by atoms with van der Waals surface area (Å²) in [5.74, 6) is -0.117. The fourth-order valence-electron chi connectivity index (χ4n) is 7.57. The minimum absolute atomic E-state index is 0.0232. The summed E-state index contributed by atoms with van der Waals surface area (Å²) >= 11 is 0. The molecule has 1 amide bonds. The maximum atomic E-state index is 12.4. The second kappa shape index (κ2) is 47.0. The van der Waals surface area contributed by atoms with Crippen LogP contribution in [0, 0.1) is 0 Å². The Labute approximate surface area is 354 Å². The number of hydrogen-bond donors (Lipinski definition) is 3. The van der Waals surface area contributed by atoms with Gasteiger partial charge in [-0.2, -0.15) is 0 Å². The van der Waals surface area contributed by atoms with Gasteiger partial charge in [-0.05, 0) is 64.2 Å². The molecule has 0 radical (unpaired) electrons. The summed E-state index contributed by atoms with van der Waals surface area (Å²) in [6.45, 7) is 4.84. The lowest BCUT2D eigenvalue weighted by Crippen LogP contribution is -2.45. The molecule has 0 spiro atoms. The van der Waals surface area contributed by atoms with Crippen LogP contribution in [0.25, 0.3) is 0 Å². The van der Waals surface area contributed by atoms with Crippen molar-refractivity contribution >= 4 is 11.9 Å². The highest BCUT2D eigenvalue weighted by Gasteiger charge is 2.18. The van der Waals surface area contributed by atoms with E-state index >= 15 is 0 Å². The Morgan fingerprint density at radius 1 is 0.474 bits per heavy atom. The Balaban J connectivity index is 3.55. The van der Waals surface area contributed by atoms with E-state index in [9.17, 15) is 19.8 Å². The first-order chi connectivity index (χ1) is 28.0. The van der Waals surface area contributed by atoms with Crippen molar-refractivity contribution in [2.45, 2.75) is 276 Å². The van der Waals surface area contributed by atoms with Crippen LogP contribution in [0.2, 0.25) is 0 Å². The van der Waals surface area contributed by atoms with Crippen molar-refractivity contribution in [3.05, 3.63) is 24.3 Å². The van der Waals surface area contributed by atoms with Gasteiger partial charge < -0.3 is 20.3 Å². The third-order valence-electron chi connectivity index (χ3n) is 11.5. The number of ether oxygens (including phenoxy) is 1. The van der Waals surface area contributed by atoms with Crippen LogP contribution in [0.5, 0.6) is 0 Å². The van der Waals surface area contributed by atoms with Crippen molar-refractivity contribution in [3.8, 4) is 0 Å². The first-order valence-corrected chi connectivity index (χ1v) is 25.1. The number of unbranched alkanes of at least 4 members (excludes halogenated alkanes) is 33. The molecule has 3 N–H and O–H groups in total. The molecule has 0 aliphatic carbocycles. The molecule has 0 saturated carbocycles. The molecule has 6 heteroatoms. The topological polar surface area (TPSA) is 95.9 Å². The van der Waals surface area contributed by atoms with Gasteiger partial charge in [0.05, 0.1) is 25.4 Å². The van der Waals surface area contributed by atoms with Gasteiger partial charge in [0, 0.05) is 12.8 Å². The van der Waals surface area contributed by atoms with Crippen LogP contribution in [0.3, 0.4) is 0 Å². The molecular weight excluding hydrogens is 707 g/mol. The maximum Gasteiger partial charge on any atom is 0.305 e. The summed E-state index contributed by atoms with van der Waals surface area (Å²) < 4.78 is 5.44. The number of hydrogen-bond acceptors (Lipinski definition) is 5. The van der Waals surface area contributed by atoms with E-state index in [1.54, 1.807) is 6.08 Å². The summed E-state index contributed by atoms with van der Waals surface area (Å²) in [4.78, 5) is 24.4. The van der Waals surface area contributed by atoms with E-state index in [-0.39, 0.29) is 18.5 Å². The molecule has 0 bridgehead atoms. The van der Waals surface area contributed by atoms with Gasteiger partial charge in [-0.25, -0.2) is 0 Å². The van der Waals surface area contributed by atoms with E-state index in [1.807, 2.05) is 6.08 Å². The predicted octanol–water partition coefficient (Wildman–Crippen LogP) is 14.7. The van der Waals surface area contributed by atoms with Gasteiger partial charge in [0.1, 0.15) is 0 Å². The minimum Gasteiger partial charge on any atom is -0.466 e. The largest absolute Gasteiger partial charge is 0.466 e. The Kier molecular flexibility index (Phi) is 45.7. The molecule has 0 heterocycles. The smallest absolute Gasteiger partial charge is 0.305 e. The average Bonchev–Trinajstić information content (AvgIpc) is 3.21. The second-order valence-electron chi connectivity index (χ2n) is 17.1. The summed E-state index contributed by atoms with van der Waals surface area (Å²) in [7, 11) is 0. The van der Waals surface area contributed by atoms with E-state index in [2.05, 4.69) is 31.3 Å². The monoisotopic (exact) mass is 804 g/mol. The molecule has 0 aliphatic heterocycles. The maximum absolute atomic E-state index is 12.4. The lowest BCUT2D eigenvalue weighted by molar-refractivity contribution is -0.143. The van der Waals surface area contributed by atoms with E-state index in [1.165, 1.54) is 161 Å². The minimum atomic E-state index is -0.859. The van der Waals surface area contributed by atoms with Crippen molar-refractivity contribution in [1.29, 1.82) is 0 Å². The van der Waals surface area contributed by atoms with Crippen LogP contribution in [0.15, 0.2) is 24.3 Å². The van der Waals surface area contributed by atoms with Gasteiger partial charge in [0.15, 0.2) is 0 Å². The summed E-state index contributed by atoms with van der Waals surface area (Å²) in [5, 5.41) is 23.0. The van der Waals surface area contributed by atoms with Gasteiger partial charge in [-0.15, -0.1) is 0 Å². The molecule has 0 aromatic heterocycles. The average molecular weight is 804 g/mol. The van der Waals surface area contributed by atoms with Crippen LogP contribution in [-0.4, -0.2) is 47.4 Å². The molecule has 0 saturated heterocycles. The highest BCUT2D eigenvalue weighted by atomic mass is 16.5. The second-order valence-corrected chi connectivity index (χ2v) is 17.1.